The summed E-state index contributed by atoms with van der Waals surface area (Å²) in [4.78, 5) is 25.7. The number of benzene rings is 1. The van der Waals surface area contributed by atoms with Crippen LogP contribution in [0.1, 0.15) is 5.56 Å². The third kappa shape index (κ3) is 3.30. The molecule has 0 fully saturated rings. The normalized spacial score (nSPS) is 13.2. The maximum absolute atomic E-state index is 11.1. The second kappa shape index (κ2) is 6.30. The third-order valence-electron chi connectivity index (χ3n) is 2.44. The molecule has 0 unspecified atom stereocenters. The molecular weight excluding hydrogens is 264 g/mol. The van der Waals surface area contributed by atoms with Gasteiger partial charge in [-0.15, -0.1) is 0 Å². The van der Waals surface area contributed by atoms with E-state index in [2.05, 4.69) is 10.3 Å². The zero-order valence-corrected chi connectivity index (χ0v) is 10.2. The molecule has 2 rings (SSSR count). The Balaban J connectivity index is 0.00000200. The minimum Gasteiger partial charge on any atom is -0.478 e. The number of hydrogen-bond donors (Lipinski definition) is 3. The van der Waals surface area contributed by atoms with Crippen LogP contribution < -0.4 is 5.32 Å². The van der Waals surface area contributed by atoms with Gasteiger partial charge in [-0.1, -0.05) is 18.2 Å². The molecule has 1 aromatic carbocycles. The number of aliphatic carboxylic acids is 2. The predicted octanol–water partition coefficient (Wildman–Crippen LogP) is 0.643. The van der Waals surface area contributed by atoms with Crippen molar-refractivity contribution >= 4 is 23.8 Å². The number of fused-ring (bicyclic) bond motifs is 1. The van der Waals surface area contributed by atoms with Crippen LogP contribution in [0.25, 0.3) is 0 Å². The van der Waals surface area contributed by atoms with Crippen molar-refractivity contribution in [2.75, 3.05) is 5.32 Å². The van der Waals surface area contributed by atoms with Crippen LogP contribution in [0, 0.1) is 0 Å². The zero-order chi connectivity index (χ0) is 13.8. The molecule has 7 heteroatoms. The molecule has 0 saturated heterocycles. The first-order valence-corrected chi connectivity index (χ1v) is 5.35. The monoisotopic (exact) mass is 276 g/mol. The Morgan fingerprint density at radius 3 is 2.55 bits per heavy atom. The van der Waals surface area contributed by atoms with E-state index in [0.29, 0.717) is 11.8 Å². The fourth-order valence-electron chi connectivity index (χ4n) is 1.61. The van der Waals surface area contributed by atoms with Crippen molar-refractivity contribution in [3.63, 3.8) is 0 Å². The van der Waals surface area contributed by atoms with Crippen molar-refractivity contribution in [1.29, 1.82) is 0 Å². The van der Waals surface area contributed by atoms with Crippen LogP contribution in [0.2, 0.25) is 0 Å². The highest BCUT2D eigenvalue weighted by atomic mass is 16.4. The van der Waals surface area contributed by atoms with Gasteiger partial charge in [0.25, 0.3) is 0 Å². The lowest BCUT2D eigenvalue weighted by molar-refractivity contribution is -0.134. The second-order valence-electron chi connectivity index (χ2n) is 3.73. The molecule has 0 spiro atoms. The molecule has 1 aromatic rings. The number of carboxylic acid groups (broad SMARTS) is 2. The van der Waals surface area contributed by atoms with Gasteiger partial charge in [0.2, 0.25) is 0 Å². The van der Waals surface area contributed by atoms with Crippen molar-refractivity contribution in [2.24, 2.45) is 4.99 Å². The van der Waals surface area contributed by atoms with Gasteiger partial charge in [-0.2, -0.15) is 0 Å². The Morgan fingerprint density at radius 1 is 1.20 bits per heavy atom. The van der Waals surface area contributed by atoms with Crippen LogP contribution in [-0.2, 0) is 9.59 Å². The standard InChI is InChI=1S/C13H10N2O4.H2O/c16-12(17)5-9(13(18)19)11-7-14-6-8-3-1-2-4-10(8)15-11;/h1-7,15H,(H,16,17)(H,18,19);1H2/b9-5-;. The molecule has 5 N–H and O–H groups in total. The number of anilines is 1. The number of rotatable bonds is 3. The van der Waals surface area contributed by atoms with Crippen molar-refractivity contribution in [1.82, 2.24) is 0 Å². The van der Waals surface area contributed by atoms with Crippen LogP contribution in [0.4, 0.5) is 5.69 Å². The van der Waals surface area contributed by atoms with E-state index in [1.165, 1.54) is 6.20 Å². The average Bonchev–Trinajstić information content (AvgIpc) is 2.57. The summed E-state index contributed by atoms with van der Waals surface area (Å²) in [6.07, 6.45) is 3.48. The van der Waals surface area contributed by atoms with Crippen LogP contribution in [-0.4, -0.2) is 33.8 Å². The Morgan fingerprint density at radius 2 is 1.90 bits per heavy atom. The van der Waals surface area contributed by atoms with Crippen molar-refractivity contribution in [3.8, 4) is 0 Å². The first-order valence-electron chi connectivity index (χ1n) is 5.35. The lowest BCUT2D eigenvalue weighted by Crippen LogP contribution is -2.12. The van der Waals surface area contributed by atoms with E-state index in [9.17, 15) is 9.59 Å². The highest BCUT2D eigenvalue weighted by Crippen LogP contribution is 2.21. The third-order valence-corrected chi connectivity index (χ3v) is 2.44. The summed E-state index contributed by atoms with van der Waals surface area (Å²) in [5, 5.41) is 20.6. The summed E-state index contributed by atoms with van der Waals surface area (Å²) in [7, 11) is 0. The Labute approximate surface area is 113 Å². The van der Waals surface area contributed by atoms with Crippen LogP contribution in [0.5, 0.6) is 0 Å². The molecule has 0 aromatic heterocycles. The Bertz CT molecular complexity index is 631. The molecule has 20 heavy (non-hydrogen) atoms. The predicted molar refractivity (Wildman–Crippen MR) is 72.7 cm³/mol. The van der Waals surface area contributed by atoms with Gasteiger partial charge in [-0.25, -0.2) is 9.59 Å². The van der Waals surface area contributed by atoms with Gasteiger partial charge in [-0.05, 0) is 6.07 Å². The molecule has 104 valence electrons. The number of aliphatic imine (C=N–C) groups is 1. The van der Waals surface area contributed by atoms with Gasteiger partial charge in [0.15, 0.2) is 0 Å². The molecule has 0 amide bonds. The SMILES string of the molecule is O.O=C(O)/C=C(\C(=O)O)C1=CN=Cc2ccccc2N1. The van der Waals surface area contributed by atoms with E-state index in [1.54, 1.807) is 18.3 Å². The molecule has 0 atom stereocenters. The Kier molecular flexibility index (Phi) is 4.76. The quantitative estimate of drug-likeness (QED) is 0.697. The molecule has 0 aliphatic carbocycles. The first kappa shape index (κ1) is 15.1. The van der Waals surface area contributed by atoms with Crippen LogP contribution in [0.15, 0.2) is 52.8 Å². The minimum absolute atomic E-state index is 0. The van der Waals surface area contributed by atoms with Crippen molar-refractivity contribution in [2.45, 2.75) is 0 Å². The summed E-state index contributed by atoms with van der Waals surface area (Å²) in [6, 6.07) is 7.16. The molecular formula is C13H12N2O5. The number of nitrogens with one attached hydrogen (secondary N) is 1. The molecule has 1 heterocycles. The summed E-state index contributed by atoms with van der Waals surface area (Å²) in [6.45, 7) is 0. The summed E-state index contributed by atoms with van der Waals surface area (Å²) < 4.78 is 0. The van der Waals surface area contributed by atoms with E-state index in [-0.39, 0.29) is 16.7 Å². The average molecular weight is 276 g/mol. The van der Waals surface area contributed by atoms with Gasteiger partial charge < -0.3 is 21.0 Å². The van der Waals surface area contributed by atoms with E-state index < -0.39 is 11.9 Å². The maximum atomic E-state index is 11.1. The summed E-state index contributed by atoms with van der Waals surface area (Å²) in [5.41, 5.74) is 1.21. The van der Waals surface area contributed by atoms with Gasteiger partial charge in [0.05, 0.1) is 17.5 Å². The zero-order valence-electron chi connectivity index (χ0n) is 10.2. The van der Waals surface area contributed by atoms with Crippen molar-refractivity contribution < 1.29 is 25.3 Å². The molecule has 1 aliphatic heterocycles. The topological polar surface area (TPSA) is 130 Å². The lowest BCUT2D eigenvalue weighted by atomic mass is 10.1. The van der Waals surface area contributed by atoms with Gasteiger partial charge in [-0.3, -0.25) is 4.99 Å². The maximum Gasteiger partial charge on any atom is 0.338 e. The molecule has 0 radical (unpaired) electrons. The van der Waals surface area contributed by atoms with E-state index >= 15 is 0 Å². The molecule has 0 saturated carbocycles. The first-order chi connectivity index (χ1) is 9.08. The number of para-hydroxylation sites is 1. The van der Waals surface area contributed by atoms with Crippen LogP contribution in [0.3, 0.4) is 0 Å². The highest BCUT2D eigenvalue weighted by molar-refractivity contribution is 6.00. The number of hydrogen-bond acceptors (Lipinski definition) is 4. The van der Waals surface area contributed by atoms with E-state index in [4.69, 9.17) is 10.2 Å². The van der Waals surface area contributed by atoms with Crippen LogP contribution >= 0.6 is 0 Å². The van der Waals surface area contributed by atoms with Crippen molar-refractivity contribution in [3.05, 3.63) is 53.4 Å². The van der Waals surface area contributed by atoms with Gasteiger partial charge in [0.1, 0.15) is 0 Å². The van der Waals surface area contributed by atoms with Gasteiger partial charge in [0, 0.05) is 23.5 Å². The fourth-order valence-corrected chi connectivity index (χ4v) is 1.61. The Hall–Kier alpha value is -2.93. The number of nitrogens with zero attached hydrogens (tertiary/aromatic N) is 1. The highest BCUT2D eigenvalue weighted by Gasteiger charge is 2.17. The van der Waals surface area contributed by atoms with E-state index in [1.807, 2.05) is 12.1 Å². The number of carbonyl (C=O) groups is 2. The molecule has 0 bridgehead atoms. The molecule has 7 nitrogen and oxygen atoms in total. The lowest BCUT2D eigenvalue weighted by Gasteiger charge is -2.10. The number of carboxylic acids is 2. The van der Waals surface area contributed by atoms with Gasteiger partial charge >= 0.3 is 11.9 Å². The second-order valence-corrected chi connectivity index (χ2v) is 3.73. The molecule has 1 aliphatic rings. The fraction of sp³-hybridized carbons (Fsp3) is 0. The summed E-state index contributed by atoms with van der Waals surface area (Å²) >= 11 is 0. The van der Waals surface area contributed by atoms with E-state index in [0.717, 1.165) is 5.56 Å². The summed E-state index contributed by atoms with van der Waals surface area (Å²) in [5.74, 6) is -2.67. The largest absolute Gasteiger partial charge is 0.478 e. The minimum atomic E-state index is -1.34. The smallest absolute Gasteiger partial charge is 0.338 e.